The minimum absolute atomic E-state index is 0.163. The Morgan fingerprint density at radius 1 is 1.32 bits per heavy atom. The summed E-state index contributed by atoms with van der Waals surface area (Å²) in [4.78, 5) is 33.1. The van der Waals surface area contributed by atoms with Crippen molar-refractivity contribution in [1.29, 1.82) is 0 Å². The predicted molar refractivity (Wildman–Crippen MR) is 63.7 cm³/mol. The summed E-state index contributed by atoms with van der Waals surface area (Å²) in [5.41, 5.74) is 3.61. The lowest BCUT2D eigenvalue weighted by molar-refractivity contribution is -0.129. The van der Waals surface area contributed by atoms with Gasteiger partial charge in [-0.1, -0.05) is 11.6 Å². The molecule has 2 amide bonds. The normalized spacial score (nSPS) is 9.63. The maximum absolute atomic E-state index is 13.3. The number of hydrogen-bond donors (Lipinski definition) is 2. The van der Waals surface area contributed by atoms with E-state index < -0.39 is 30.2 Å². The summed E-state index contributed by atoms with van der Waals surface area (Å²) >= 11 is 5.61. The van der Waals surface area contributed by atoms with Gasteiger partial charge in [0.25, 0.3) is 5.91 Å². The van der Waals surface area contributed by atoms with Crippen molar-refractivity contribution in [2.24, 2.45) is 0 Å². The SMILES string of the molecule is CC(=O)NNC(=O)COC(=O)c1cc(Cl)ccc1F. The molecule has 0 radical (unpaired) electrons. The Hall–Kier alpha value is -2.15. The summed E-state index contributed by atoms with van der Waals surface area (Å²) < 4.78 is 17.8. The van der Waals surface area contributed by atoms with Gasteiger partial charge in [-0.15, -0.1) is 0 Å². The summed E-state index contributed by atoms with van der Waals surface area (Å²) in [5, 5.41) is 0.163. The van der Waals surface area contributed by atoms with Gasteiger partial charge in [-0.2, -0.15) is 0 Å². The van der Waals surface area contributed by atoms with E-state index in [9.17, 15) is 18.8 Å². The lowest BCUT2D eigenvalue weighted by atomic mass is 10.2. The van der Waals surface area contributed by atoms with Crippen LogP contribution in [0.4, 0.5) is 4.39 Å². The monoisotopic (exact) mass is 288 g/mol. The first-order chi connectivity index (χ1) is 8.90. The standard InChI is InChI=1S/C11H10ClFN2O4/c1-6(16)14-15-10(17)5-19-11(18)8-4-7(12)2-3-9(8)13/h2-4H,5H2,1H3,(H,14,16)(H,15,17). The highest BCUT2D eigenvalue weighted by Crippen LogP contribution is 2.15. The van der Waals surface area contributed by atoms with Crippen LogP contribution in [-0.2, 0) is 14.3 Å². The highest BCUT2D eigenvalue weighted by molar-refractivity contribution is 6.30. The van der Waals surface area contributed by atoms with Gasteiger partial charge >= 0.3 is 5.97 Å². The van der Waals surface area contributed by atoms with E-state index in [4.69, 9.17) is 11.6 Å². The number of amides is 2. The molecule has 0 fully saturated rings. The van der Waals surface area contributed by atoms with Crippen molar-refractivity contribution in [2.75, 3.05) is 6.61 Å². The Balaban J connectivity index is 2.53. The molecule has 8 heteroatoms. The largest absolute Gasteiger partial charge is 0.452 e. The summed E-state index contributed by atoms with van der Waals surface area (Å²) in [6, 6.07) is 3.37. The summed E-state index contributed by atoms with van der Waals surface area (Å²) in [6.45, 7) is 0.526. The van der Waals surface area contributed by atoms with Crippen LogP contribution < -0.4 is 10.9 Å². The number of esters is 1. The fourth-order valence-electron chi connectivity index (χ4n) is 1.06. The number of carbonyl (C=O) groups excluding carboxylic acids is 3. The van der Waals surface area contributed by atoms with E-state index in [1.165, 1.54) is 13.0 Å². The molecule has 0 saturated carbocycles. The molecular weight excluding hydrogens is 279 g/mol. The van der Waals surface area contributed by atoms with Crippen LogP contribution in [-0.4, -0.2) is 24.4 Å². The molecule has 0 saturated heterocycles. The zero-order valence-corrected chi connectivity index (χ0v) is 10.6. The average molecular weight is 289 g/mol. The van der Waals surface area contributed by atoms with Crippen molar-refractivity contribution in [1.82, 2.24) is 10.9 Å². The quantitative estimate of drug-likeness (QED) is 0.636. The molecule has 1 aromatic rings. The molecule has 0 aliphatic carbocycles. The van der Waals surface area contributed by atoms with Crippen molar-refractivity contribution in [2.45, 2.75) is 6.92 Å². The van der Waals surface area contributed by atoms with Gasteiger partial charge in [0.05, 0.1) is 5.56 Å². The van der Waals surface area contributed by atoms with Crippen molar-refractivity contribution in [3.63, 3.8) is 0 Å². The van der Waals surface area contributed by atoms with Gasteiger partial charge in [-0.05, 0) is 18.2 Å². The molecular formula is C11H10ClFN2O4. The molecule has 0 unspecified atom stereocenters. The fourth-order valence-corrected chi connectivity index (χ4v) is 1.23. The van der Waals surface area contributed by atoms with Gasteiger partial charge < -0.3 is 4.74 Å². The fraction of sp³-hybridized carbons (Fsp3) is 0.182. The Bertz CT molecular complexity index is 521. The Kier molecular flexibility index (Phi) is 5.25. The van der Waals surface area contributed by atoms with E-state index in [-0.39, 0.29) is 10.6 Å². The minimum Gasteiger partial charge on any atom is -0.452 e. The maximum atomic E-state index is 13.3. The van der Waals surface area contributed by atoms with Crippen molar-refractivity contribution < 1.29 is 23.5 Å². The molecule has 19 heavy (non-hydrogen) atoms. The van der Waals surface area contributed by atoms with Gasteiger partial charge in [0.1, 0.15) is 5.82 Å². The number of ether oxygens (including phenoxy) is 1. The van der Waals surface area contributed by atoms with E-state index in [2.05, 4.69) is 4.74 Å². The number of hydrazine groups is 1. The number of hydrogen-bond acceptors (Lipinski definition) is 4. The Labute approximate surface area is 112 Å². The van der Waals surface area contributed by atoms with Crippen LogP contribution in [0.3, 0.4) is 0 Å². The van der Waals surface area contributed by atoms with Crippen LogP contribution in [0.2, 0.25) is 5.02 Å². The minimum atomic E-state index is -1.03. The molecule has 102 valence electrons. The third-order valence-electron chi connectivity index (χ3n) is 1.86. The van der Waals surface area contributed by atoms with Crippen LogP contribution in [0.5, 0.6) is 0 Å². The Morgan fingerprint density at radius 2 is 2.00 bits per heavy atom. The molecule has 1 rings (SSSR count). The molecule has 0 spiro atoms. The van der Waals surface area contributed by atoms with Crippen LogP contribution in [0.1, 0.15) is 17.3 Å². The van der Waals surface area contributed by atoms with E-state index in [1.807, 2.05) is 10.9 Å². The van der Waals surface area contributed by atoms with Crippen LogP contribution in [0.25, 0.3) is 0 Å². The predicted octanol–water partition coefficient (Wildman–Crippen LogP) is 0.803. The topological polar surface area (TPSA) is 84.5 Å². The second kappa shape index (κ2) is 6.69. The van der Waals surface area contributed by atoms with Crippen molar-refractivity contribution in [3.05, 3.63) is 34.6 Å². The van der Waals surface area contributed by atoms with Crippen LogP contribution in [0, 0.1) is 5.82 Å². The molecule has 0 atom stereocenters. The van der Waals surface area contributed by atoms with E-state index in [0.717, 1.165) is 12.1 Å². The third-order valence-corrected chi connectivity index (χ3v) is 2.10. The van der Waals surface area contributed by atoms with Gasteiger partial charge in [0, 0.05) is 11.9 Å². The zero-order chi connectivity index (χ0) is 14.4. The zero-order valence-electron chi connectivity index (χ0n) is 9.83. The number of benzene rings is 1. The van der Waals surface area contributed by atoms with Crippen LogP contribution >= 0.6 is 11.6 Å². The Morgan fingerprint density at radius 3 is 2.63 bits per heavy atom. The smallest absolute Gasteiger partial charge is 0.341 e. The second-order valence-electron chi connectivity index (χ2n) is 3.43. The highest BCUT2D eigenvalue weighted by atomic mass is 35.5. The van der Waals surface area contributed by atoms with Crippen molar-refractivity contribution >= 4 is 29.4 Å². The van der Waals surface area contributed by atoms with Gasteiger partial charge in [-0.3, -0.25) is 20.4 Å². The molecule has 0 aliphatic heterocycles. The molecule has 0 bridgehead atoms. The summed E-state index contributed by atoms with van der Waals surface area (Å²) in [6.07, 6.45) is 0. The lowest BCUT2D eigenvalue weighted by Crippen LogP contribution is -2.42. The van der Waals surface area contributed by atoms with Gasteiger partial charge in [0.15, 0.2) is 6.61 Å². The molecule has 0 aliphatic rings. The molecule has 1 aromatic carbocycles. The number of rotatable bonds is 3. The second-order valence-corrected chi connectivity index (χ2v) is 3.87. The third kappa shape index (κ3) is 4.92. The van der Waals surface area contributed by atoms with E-state index in [0.29, 0.717) is 0 Å². The number of carbonyl (C=O) groups is 3. The number of nitrogens with one attached hydrogen (secondary N) is 2. The van der Waals surface area contributed by atoms with Crippen molar-refractivity contribution in [3.8, 4) is 0 Å². The van der Waals surface area contributed by atoms with Gasteiger partial charge in [0.2, 0.25) is 5.91 Å². The van der Waals surface area contributed by atoms with Crippen LogP contribution in [0.15, 0.2) is 18.2 Å². The number of halogens is 2. The maximum Gasteiger partial charge on any atom is 0.341 e. The van der Waals surface area contributed by atoms with Gasteiger partial charge in [-0.25, -0.2) is 9.18 Å². The molecule has 0 aromatic heterocycles. The average Bonchev–Trinajstić information content (AvgIpc) is 2.36. The molecule has 6 nitrogen and oxygen atoms in total. The van der Waals surface area contributed by atoms with E-state index in [1.54, 1.807) is 0 Å². The molecule has 0 heterocycles. The molecule has 2 N–H and O–H groups in total. The lowest BCUT2D eigenvalue weighted by Gasteiger charge is -2.07. The highest BCUT2D eigenvalue weighted by Gasteiger charge is 2.15. The first kappa shape index (κ1) is 14.9. The first-order valence-corrected chi connectivity index (χ1v) is 5.45. The first-order valence-electron chi connectivity index (χ1n) is 5.07. The summed E-state index contributed by atoms with van der Waals surface area (Å²) in [5.74, 6) is -3.08. The van der Waals surface area contributed by atoms with E-state index >= 15 is 0 Å². The summed E-state index contributed by atoms with van der Waals surface area (Å²) in [7, 11) is 0.